The van der Waals surface area contributed by atoms with Crippen LogP contribution in [0.2, 0.25) is 19.6 Å². The maximum Gasteiger partial charge on any atom is 0.339 e. The van der Waals surface area contributed by atoms with Crippen LogP contribution in [0.4, 0.5) is 0 Å². The molecule has 0 N–H and O–H groups in total. The summed E-state index contributed by atoms with van der Waals surface area (Å²) in [6.45, 7) is 13.4. The molecule has 0 aromatic rings. The molecule has 1 aliphatic heterocycles. The molecule has 0 aliphatic carbocycles. The van der Waals surface area contributed by atoms with Crippen molar-refractivity contribution in [2.24, 2.45) is 10.8 Å². The van der Waals surface area contributed by atoms with Gasteiger partial charge in [-0.3, -0.25) is 4.79 Å². The predicted octanol–water partition coefficient (Wildman–Crippen LogP) is 2.36. The summed E-state index contributed by atoms with van der Waals surface area (Å²) in [5, 5.41) is 0. The molecule has 0 spiro atoms. The second-order valence-corrected chi connectivity index (χ2v) is 11.9. The summed E-state index contributed by atoms with van der Waals surface area (Å²) in [5.41, 5.74) is -3.06. The van der Waals surface area contributed by atoms with E-state index in [-0.39, 0.29) is 6.61 Å². The van der Waals surface area contributed by atoms with Gasteiger partial charge in [0.25, 0.3) is 0 Å². The summed E-state index contributed by atoms with van der Waals surface area (Å²) in [4.78, 5) is 24.8. The van der Waals surface area contributed by atoms with Crippen LogP contribution < -0.4 is 0 Å². The summed E-state index contributed by atoms with van der Waals surface area (Å²) in [5.74, 6) is -0.942. The maximum absolute atomic E-state index is 12.5. The van der Waals surface area contributed by atoms with E-state index in [1.165, 1.54) is 7.11 Å². The number of rotatable bonds is 4. The highest BCUT2D eigenvalue weighted by Crippen LogP contribution is 2.53. The normalized spacial score (nSPS) is 26.3. The molecule has 1 atom stereocenters. The van der Waals surface area contributed by atoms with E-state index < -0.39 is 36.7 Å². The van der Waals surface area contributed by atoms with Gasteiger partial charge in [0, 0.05) is 5.41 Å². The summed E-state index contributed by atoms with van der Waals surface area (Å²) in [6, 6.07) is 0. The smallest absolute Gasteiger partial charge is 0.339 e. The third kappa shape index (κ3) is 2.39. The van der Waals surface area contributed by atoms with Crippen LogP contribution in [0.25, 0.3) is 0 Å². The van der Waals surface area contributed by atoms with Gasteiger partial charge in [-0.1, -0.05) is 13.8 Å². The minimum Gasteiger partial charge on any atom is -0.469 e. The zero-order valence-corrected chi connectivity index (χ0v) is 14.7. The number of carbonyl (C=O) groups is 2. The van der Waals surface area contributed by atoms with Crippen LogP contribution in [-0.4, -0.2) is 39.6 Å². The first-order valence-corrected chi connectivity index (χ1v) is 10.2. The van der Waals surface area contributed by atoms with Crippen molar-refractivity contribution in [3.63, 3.8) is 0 Å². The molecule has 20 heavy (non-hydrogen) atoms. The van der Waals surface area contributed by atoms with Gasteiger partial charge in [0.15, 0.2) is 13.9 Å². The number of hydrogen-bond donors (Lipinski definition) is 0. The molecule has 0 saturated carbocycles. The Morgan fingerprint density at radius 1 is 1.30 bits per heavy atom. The standard InChI is InChI=1S/C14H26O5Si/c1-12(2)9-18-11(16)14(12,19-20(6,7)8)13(3,4)10(15)17-5/h9H2,1-8H3. The van der Waals surface area contributed by atoms with E-state index in [4.69, 9.17) is 13.9 Å². The molecule has 1 saturated heterocycles. The highest BCUT2D eigenvalue weighted by atomic mass is 28.4. The second kappa shape index (κ2) is 4.84. The van der Waals surface area contributed by atoms with Crippen LogP contribution in [0.5, 0.6) is 0 Å². The van der Waals surface area contributed by atoms with Crippen LogP contribution in [0.3, 0.4) is 0 Å². The minimum absolute atomic E-state index is 0.233. The monoisotopic (exact) mass is 302 g/mol. The van der Waals surface area contributed by atoms with E-state index >= 15 is 0 Å². The van der Waals surface area contributed by atoms with Gasteiger partial charge in [0.1, 0.15) is 5.41 Å². The Labute approximate surface area is 122 Å². The molecule has 0 amide bonds. The zero-order valence-electron chi connectivity index (χ0n) is 13.7. The fraction of sp³-hybridized carbons (Fsp3) is 0.857. The molecule has 1 fully saturated rings. The Bertz CT molecular complexity index is 422. The van der Waals surface area contributed by atoms with Crippen LogP contribution in [0, 0.1) is 10.8 Å². The van der Waals surface area contributed by atoms with Crippen LogP contribution >= 0.6 is 0 Å². The summed E-state index contributed by atoms with van der Waals surface area (Å²) in [6.07, 6.45) is 0. The second-order valence-electron chi connectivity index (χ2n) is 7.47. The number of hydrogen-bond acceptors (Lipinski definition) is 5. The van der Waals surface area contributed by atoms with Crippen molar-refractivity contribution < 1.29 is 23.5 Å². The first-order chi connectivity index (χ1) is 8.82. The highest BCUT2D eigenvalue weighted by Gasteiger charge is 2.70. The third-order valence-corrected chi connectivity index (χ3v) is 4.76. The van der Waals surface area contributed by atoms with E-state index in [0.29, 0.717) is 0 Å². The molecule has 0 radical (unpaired) electrons. The van der Waals surface area contributed by atoms with Crippen LogP contribution in [0.1, 0.15) is 27.7 Å². The lowest BCUT2D eigenvalue weighted by Gasteiger charge is -2.48. The highest BCUT2D eigenvalue weighted by molar-refractivity contribution is 6.70. The Hall–Kier alpha value is -0.883. The number of esters is 2. The van der Waals surface area contributed by atoms with Crippen molar-refractivity contribution >= 4 is 20.3 Å². The van der Waals surface area contributed by atoms with Crippen LogP contribution in [-0.2, 0) is 23.5 Å². The van der Waals surface area contributed by atoms with Crippen LogP contribution in [0.15, 0.2) is 0 Å². The minimum atomic E-state index is -2.10. The number of methoxy groups -OCH3 is 1. The average molecular weight is 302 g/mol. The molecule has 1 rings (SSSR count). The first-order valence-electron chi connectivity index (χ1n) is 6.78. The van der Waals surface area contributed by atoms with Gasteiger partial charge < -0.3 is 13.9 Å². The van der Waals surface area contributed by atoms with E-state index in [1.54, 1.807) is 13.8 Å². The van der Waals surface area contributed by atoms with Gasteiger partial charge in [0.2, 0.25) is 0 Å². The van der Waals surface area contributed by atoms with Gasteiger partial charge in [-0.15, -0.1) is 0 Å². The van der Waals surface area contributed by atoms with Crippen molar-refractivity contribution in [1.29, 1.82) is 0 Å². The van der Waals surface area contributed by atoms with Gasteiger partial charge in [0.05, 0.1) is 13.7 Å². The number of ether oxygens (including phenoxy) is 2. The quantitative estimate of drug-likeness (QED) is 0.589. The largest absolute Gasteiger partial charge is 0.469 e. The summed E-state index contributed by atoms with van der Waals surface area (Å²) >= 11 is 0. The maximum atomic E-state index is 12.5. The molecule has 0 aromatic heterocycles. The van der Waals surface area contributed by atoms with E-state index in [9.17, 15) is 9.59 Å². The lowest BCUT2D eigenvalue weighted by Crippen LogP contribution is -2.65. The Balaban J connectivity index is 3.50. The summed E-state index contributed by atoms with van der Waals surface area (Å²) < 4.78 is 16.4. The van der Waals surface area contributed by atoms with Crippen molar-refractivity contribution in [3.8, 4) is 0 Å². The molecule has 116 valence electrons. The topological polar surface area (TPSA) is 61.8 Å². The SMILES string of the molecule is COC(=O)C(C)(C)C1(O[Si](C)(C)C)C(=O)OCC1(C)C. The van der Waals surface area contributed by atoms with Crippen molar-refractivity contribution in [2.45, 2.75) is 52.9 Å². The van der Waals surface area contributed by atoms with Gasteiger partial charge in [-0.25, -0.2) is 4.79 Å². The van der Waals surface area contributed by atoms with E-state index in [1.807, 2.05) is 33.5 Å². The average Bonchev–Trinajstić information content (AvgIpc) is 2.50. The third-order valence-electron chi connectivity index (χ3n) is 3.84. The number of cyclic esters (lactones) is 1. The fourth-order valence-electron chi connectivity index (χ4n) is 2.99. The summed E-state index contributed by atoms with van der Waals surface area (Å²) in [7, 11) is -0.783. The number of carbonyl (C=O) groups excluding carboxylic acids is 2. The van der Waals surface area contributed by atoms with Gasteiger partial charge >= 0.3 is 11.9 Å². The molecule has 5 nitrogen and oxygen atoms in total. The van der Waals surface area contributed by atoms with Gasteiger partial charge in [-0.05, 0) is 33.5 Å². The molecule has 6 heteroatoms. The molecule has 1 heterocycles. The van der Waals surface area contributed by atoms with Crippen molar-refractivity contribution in [3.05, 3.63) is 0 Å². The molecule has 0 bridgehead atoms. The lowest BCUT2D eigenvalue weighted by atomic mass is 9.62. The van der Waals surface area contributed by atoms with Crippen molar-refractivity contribution in [2.75, 3.05) is 13.7 Å². The molecule has 1 aliphatic rings. The van der Waals surface area contributed by atoms with Gasteiger partial charge in [-0.2, -0.15) is 0 Å². The molecular weight excluding hydrogens is 276 g/mol. The zero-order chi connectivity index (χ0) is 16.0. The van der Waals surface area contributed by atoms with E-state index in [0.717, 1.165) is 0 Å². The van der Waals surface area contributed by atoms with Crippen molar-refractivity contribution in [1.82, 2.24) is 0 Å². The van der Waals surface area contributed by atoms with E-state index in [2.05, 4.69) is 0 Å². The Morgan fingerprint density at radius 2 is 1.80 bits per heavy atom. The lowest BCUT2D eigenvalue weighted by molar-refractivity contribution is -0.185. The molecular formula is C14H26O5Si. The fourth-order valence-corrected chi connectivity index (χ4v) is 4.53. The molecule has 1 unspecified atom stereocenters. The Kier molecular flexibility index (Phi) is 4.15. The first kappa shape index (κ1) is 17.2. The Morgan fingerprint density at radius 3 is 2.10 bits per heavy atom. The molecule has 0 aromatic carbocycles. The predicted molar refractivity (Wildman–Crippen MR) is 77.7 cm³/mol.